The van der Waals surface area contributed by atoms with Gasteiger partial charge in [-0.3, -0.25) is 9.59 Å². The van der Waals surface area contributed by atoms with Crippen LogP contribution in [0.25, 0.3) is 0 Å². The first-order valence-corrected chi connectivity index (χ1v) is 9.69. The van der Waals surface area contributed by atoms with Gasteiger partial charge in [-0.25, -0.2) is 0 Å². The third-order valence-electron chi connectivity index (χ3n) is 4.50. The van der Waals surface area contributed by atoms with E-state index in [9.17, 15) is 9.59 Å². The average Bonchev–Trinajstić information content (AvgIpc) is 3.16. The molecule has 2 aromatic rings. The number of thiophene rings is 1. The molecule has 1 aliphatic heterocycles. The van der Waals surface area contributed by atoms with E-state index in [-0.39, 0.29) is 23.8 Å². The third kappa shape index (κ3) is 4.41. The first-order chi connectivity index (χ1) is 12.0. The largest absolute Gasteiger partial charge is 0.348 e. The van der Waals surface area contributed by atoms with E-state index in [2.05, 4.69) is 5.32 Å². The minimum atomic E-state index is -0.160. The molecular formula is C19H21ClN2O2S. The second-order valence-electron chi connectivity index (χ2n) is 6.34. The van der Waals surface area contributed by atoms with Gasteiger partial charge < -0.3 is 10.2 Å². The Hall–Kier alpha value is -1.85. The van der Waals surface area contributed by atoms with E-state index >= 15 is 0 Å². The van der Waals surface area contributed by atoms with Crippen LogP contribution >= 0.6 is 22.9 Å². The lowest BCUT2D eigenvalue weighted by Crippen LogP contribution is -2.45. The number of hydrogen-bond donors (Lipinski definition) is 1. The van der Waals surface area contributed by atoms with Crippen LogP contribution in [-0.4, -0.2) is 29.8 Å². The summed E-state index contributed by atoms with van der Waals surface area (Å²) in [5, 5.41) is 5.69. The molecule has 1 aromatic carbocycles. The Kier molecular flexibility index (Phi) is 5.76. The minimum absolute atomic E-state index is 0.00477. The number of benzene rings is 1. The Morgan fingerprint density at radius 1 is 1.28 bits per heavy atom. The summed E-state index contributed by atoms with van der Waals surface area (Å²) in [6.07, 6.45) is 1.65. The SMILES string of the molecule is C[C@@H](NC(=O)[C@@H]1CCCN(C(=O)c2ccc(Cl)cc2)C1)c1cccs1. The molecular weight excluding hydrogens is 356 g/mol. The number of carbonyl (C=O) groups excluding carboxylic acids is 2. The highest BCUT2D eigenvalue weighted by Crippen LogP contribution is 2.22. The van der Waals surface area contributed by atoms with Gasteiger partial charge in [0.15, 0.2) is 0 Å². The molecule has 0 bridgehead atoms. The van der Waals surface area contributed by atoms with Gasteiger partial charge in [0.1, 0.15) is 0 Å². The van der Waals surface area contributed by atoms with E-state index < -0.39 is 0 Å². The number of piperidine rings is 1. The Bertz CT molecular complexity index is 730. The van der Waals surface area contributed by atoms with Crippen LogP contribution in [0, 0.1) is 5.92 Å². The lowest BCUT2D eigenvalue weighted by atomic mass is 9.96. The summed E-state index contributed by atoms with van der Waals surface area (Å²) in [7, 11) is 0. The predicted molar refractivity (Wildman–Crippen MR) is 101 cm³/mol. The number of nitrogens with one attached hydrogen (secondary N) is 1. The number of carbonyl (C=O) groups is 2. The fourth-order valence-electron chi connectivity index (χ4n) is 3.09. The zero-order valence-electron chi connectivity index (χ0n) is 14.1. The monoisotopic (exact) mass is 376 g/mol. The van der Waals surface area contributed by atoms with Gasteiger partial charge in [0.25, 0.3) is 5.91 Å². The normalized spacial score (nSPS) is 18.6. The van der Waals surface area contributed by atoms with Crippen LogP contribution < -0.4 is 5.32 Å². The fraction of sp³-hybridized carbons (Fsp3) is 0.368. The molecule has 6 heteroatoms. The maximum atomic E-state index is 12.6. The minimum Gasteiger partial charge on any atom is -0.348 e. The fourth-order valence-corrected chi connectivity index (χ4v) is 3.95. The van der Waals surface area contributed by atoms with Crippen molar-refractivity contribution in [2.24, 2.45) is 5.92 Å². The molecule has 0 unspecified atom stereocenters. The predicted octanol–water partition coefficient (Wildman–Crippen LogP) is 4.13. The van der Waals surface area contributed by atoms with Crippen molar-refractivity contribution >= 4 is 34.8 Å². The number of halogens is 1. The lowest BCUT2D eigenvalue weighted by molar-refractivity contribution is -0.127. The van der Waals surface area contributed by atoms with Crippen LogP contribution in [0.3, 0.4) is 0 Å². The highest BCUT2D eigenvalue weighted by molar-refractivity contribution is 7.10. The van der Waals surface area contributed by atoms with E-state index in [1.807, 2.05) is 24.4 Å². The summed E-state index contributed by atoms with van der Waals surface area (Å²) < 4.78 is 0. The van der Waals surface area contributed by atoms with Gasteiger partial charge in [0, 0.05) is 28.6 Å². The molecule has 1 saturated heterocycles. The molecule has 1 aromatic heterocycles. The highest BCUT2D eigenvalue weighted by Gasteiger charge is 2.29. The van der Waals surface area contributed by atoms with Crippen LogP contribution in [0.4, 0.5) is 0 Å². The Labute approximate surface area is 156 Å². The quantitative estimate of drug-likeness (QED) is 0.872. The smallest absolute Gasteiger partial charge is 0.253 e. The molecule has 0 aliphatic carbocycles. The molecule has 1 fully saturated rings. The topological polar surface area (TPSA) is 49.4 Å². The van der Waals surface area contributed by atoms with Crippen LogP contribution in [0.2, 0.25) is 5.02 Å². The summed E-state index contributed by atoms with van der Waals surface area (Å²) in [6.45, 7) is 3.14. The van der Waals surface area contributed by atoms with Gasteiger partial charge >= 0.3 is 0 Å². The molecule has 2 amide bonds. The maximum Gasteiger partial charge on any atom is 0.253 e. The summed E-state index contributed by atoms with van der Waals surface area (Å²) in [6, 6.07) is 10.9. The highest BCUT2D eigenvalue weighted by atomic mass is 35.5. The van der Waals surface area contributed by atoms with Crippen molar-refractivity contribution in [3.05, 3.63) is 57.2 Å². The lowest BCUT2D eigenvalue weighted by Gasteiger charge is -2.32. The molecule has 1 N–H and O–H groups in total. The van der Waals surface area contributed by atoms with E-state index in [1.54, 1.807) is 40.5 Å². The van der Waals surface area contributed by atoms with Crippen LogP contribution in [0.15, 0.2) is 41.8 Å². The van der Waals surface area contributed by atoms with E-state index in [0.717, 1.165) is 17.7 Å². The van der Waals surface area contributed by atoms with Crippen molar-refractivity contribution in [2.45, 2.75) is 25.8 Å². The van der Waals surface area contributed by atoms with Crippen LogP contribution in [0.1, 0.15) is 41.0 Å². The first-order valence-electron chi connectivity index (χ1n) is 8.43. The zero-order chi connectivity index (χ0) is 17.8. The van der Waals surface area contributed by atoms with Gasteiger partial charge in [0.05, 0.1) is 12.0 Å². The molecule has 3 rings (SSSR count). The van der Waals surface area contributed by atoms with Crippen molar-refractivity contribution in [1.29, 1.82) is 0 Å². The van der Waals surface area contributed by atoms with Gasteiger partial charge in [-0.1, -0.05) is 17.7 Å². The van der Waals surface area contributed by atoms with E-state index in [1.165, 1.54) is 0 Å². The molecule has 1 aliphatic rings. The molecule has 0 radical (unpaired) electrons. The Morgan fingerprint density at radius 3 is 2.72 bits per heavy atom. The van der Waals surface area contributed by atoms with Crippen molar-refractivity contribution < 1.29 is 9.59 Å². The maximum absolute atomic E-state index is 12.6. The Balaban J connectivity index is 1.61. The second-order valence-corrected chi connectivity index (χ2v) is 7.76. The van der Waals surface area contributed by atoms with Crippen molar-refractivity contribution in [1.82, 2.24) is 10.2 Å². The molecule has 25 heavy (non-hydrogen) atoms. The van der Waals surface area contributed by atoms with Crippen LogP contribution in [0.5, 0.6) is 0 Å². The van der Waals surface area contributed by atoms with E-state index in [0.29, 0.717) is 23.7 Å². The molecule has 2 atom stereocenters. The standard InChI is InChI=1S/C19H21ClN2O2S/c1-13(17-5-3-11-25-17)21-18(23)15-4-2-10-22(12-15)19(24)14-6-8-16(20)9-7-14/h3,5-9,11,13,15H,2,4,10,12H2,1H3,(H,21,23)/t13-,15-/m1/s1. The van der Waals surface area contributed by atoms with E-state index in [4.69, 9.17) is 11.6 Å². The summed E-state index contributed by atoms with van der Waals surface area (Å²) >= 11 is 7.51. The number of hydrogen-bond acceptors (Lipinski definition) is 3. The van der Waals surface area contributed by atoms with Crippen LogP contribution in [-0.2, 0) is 4.79 Å². The number of amides is 2. The van der Waals surface area contributed by atoms with Gasteiger partial charge in [-0.2, -0.15) is 0 Å². The third-order valence-corrected chi connectivity index (χ3v) is 5.81. The molecule has 2 heterocycles. The summed E-state index contributed by atoms with van der Waals surface area (Å²) in [5.41, 5.74) is 0.609. The number of nitrogens with zero attached hydrogens (tertiary/aromatic N) is 1. The van der Waals surface area contributed by atoms with Gasteiger partial charge in [-0.15, -0.1) is 11.3 Å². The van der Waals surface area contributed by atoms with Gasteiger partial charge in [0.2, 0.25) is 5.91 Å². The summed E-state index contributed by atoms with van der Waals surface area (Å²) in [5.74, 6) is -0.178. The summed E-state index contributed by atoms with van der Waals surface area (Å²) in [4.78, 5) is 28.1. The van der Waals surface area contributed by atoms with Crippen molar-refractivity contribution in [3.8, 4) is 0 Å². The zero-order valence-corrected chi connectivity index (χ0v) is 15.6. The number of rotatable bonds is 4. The van der Waals surface area contributed by atoms with Crippen molar-refractivity contribution in [2.75, 3.05) is 13.1 Å². The Morgan fingerprint density at radius 2 is 2.04 bits per heavy atom. The number of likely N-dealkylation sites (tertiary alicyclic amines) is 1. The molecule has 132 valence electrons. The average molecular weight is 377 g/mol. The molecule has 0 spiro atoms. The van der Waals surface area contributed by atoms with Gasteiger partial charge in [-0.05, 0) is 55.5 Å². The molecule has 0 saturated carbocycles. The second kappa shape index (κ2) is 8.02. The molecule has 4 nitrogen and oxygen atoms in total. The first kappa shape index (κ1) is 18.0. The van der Waals surface area contributed by atoms with Crippen molar-refractivity contribution in [3.63, 3.8) is 0 Å².